The molecule has 1 atom stereocenters. The fourth-order valence-electron chi connectivity index (χ4n) is 3.05. The monoisotopic (exact) mass is 323 g/mol. The van der Waals surface area contributed by atoms with E-state index in [-0.39, 0.29) is 12.5 Å². The summed E-state index contributed by atoms with van der Waals surface area (Å²) < 4.78 is 0. The van der Waals surface area contributed by atoms with Crippen LogP contribution >= 0.6 is 0 Å². The number of carbonyl (C=O) groups is 2. The highest BCUT2D eigenvalue weighted by molar-refractivity contribution is 5.93. The van der Waals surface area contributed by atoms with Crippen LogP contribution in [0.4, 0.5) is 5.69 Å². The highest BCUT2D eigenvalue weighted by atomic mass is 16.2. The topological polar surface area (TPSA) is 75.4 Å². The summed E-state index contributed by atoms with van der Waals surface area (Å²) in [5, 5.41) is 2.87. The molecule has 0 radical (unpaired) electrons. The molecule has 24 heavy (non-hydrogen) atoms. The van der Waals surface area contributed by atoms with Crippen molar-refractivity contribution in [2.45, 2.75) is 25.9 Å². The van der Waals surface area contributed by atoms with Crippen LogP contribution in [0.15, 0.2) is 48.5 Å². The Kier molecular flexibility index (Phi) is 4.62. The number of nitrogens with one attached hydrogen (secondary N) is 1. The summed E-state index contributed by atoms with van der Waals surface area (Å²) in [4.78, 5) is 26.0. The number of aryl methyl sites for hydroxylation is 1. The van der Waals surface area contributed by atoms with E-state index in [4.69, 9.17) is 5.73 Å². The van der Waals surface area contributed by atoms with E-state index in [2.05, 4.69) is 5.32 Å². The van der Waals surface area contributed by atoms with Crippen molar-refractivity contribution in [3.8, 4) is 0 Å². The maximum absolute atomic E-state index is 12.3. The van der Waals surface area contributed by atoms with Gasteiger partial charge in [0.2, 0.25) is 11.8 Å². The quantitative estimate of drug-likeness (QED) is 0.901. The number of amides is 2. The highest BCUT2D eigenvalue weighted by Crippen LogP contribution is 2.23. The van der Waals surface area contributed by atoms with Gasteiger partial charge in [0.1, 0.15) is 0 Å². The van der Waals surface area contributed by atoms with E-state index >= 15 is 0 Å². The number of fused-ring (bicyclic) bond motifs is 1. The van der Waals surface area contributed by atoms with Crippen LogP contribution in [0.5, 0.6) is 0 Å². The lowest BCUT2D eigenvalue weighted by Crippen LogP contribution is -2.50. The average molecular weight is 323 g/mol. The molecule has 5 nitrogen and oxygen atoms in total. The van der Waals surface area contributed by atoms with Crippen LogP contribution in [-0.2, 0) is 22.6 Å². The van der Waals surface area contributed by atoms with Crippen molar-refractivity contribution in [1.82, 2.24) is 4.90 Å². The van der Waals surface area contributed by atoms with E-state index in [9.17, 15) is 9.59 Å². The molecule has 2 amide bonds. The molecule has 0 aromatic heterocycles. The van der Waals surface area contributed by atoms with Gasteiger partial charge in [-0.2, -0.15) is 0 Å². The molecule has 1 aliphatic heterocycles. The largest absolute Gasteiger partial charge is 0.368 e. The molecule has 0 unspecified atom stereocenters. The van der Waals surface area contributed by atoms with Gasteiger partial charge in [-0.3, -0.25) is 14.5 Å². The van der Waals surface area contributed by atoms with Gasteiger partial charge < -0.3 is 11.1 Å². The van der Waals surface area contributed by atoms with E-state index < -0.39 is 11.9 Å². The minimum absolute atomic E-state index is 0.135. The number of hydrogen-bond acceptors (Lipinski definition) is 3. The Hall–Kier alpha value is -2.66. The Labute approximate surface area is 141 Å². The summed E-state index contributed by atoms with van der Waals surface area (Å²) >= 11 is 0. The van der Waals surface area contributed by atoms with Crippen LogP contribution in [0.2, 0.25) is 0 Å². The Balaban J connectivity index is 1.71. The van der Waals surface area contributed by atoms with Crippen molar-refractivity contribution in [1.29, 1.82) is 0 Å². The Bertz CT molecular complexity index is 755. The first kappa shape index (κ1) is 16.2. The number of carbonyl (C=O) groups excluding carboxylic acids is 2. The summed E-state index contributed by atoms with van der Waals surface area (Å²) in [5.74, 6) is -0.544. The number of anilines is 1. The van der Waals surface area contributed by atoms with Gasteiger partial charge in [0.05, 0.1) is 12.6 Å². The molecule has 124 valence electrons. The molecule has 0 saturated carbocycles. The predicted octanol–water partition coefficient (Wildman–Crippen LogP) is 1.85. The van der Waals surface area contributed by atoms with Gasteiger partial charge in [0, 0.05) is 12.2 Å². The summed E-state index contributed by atoms with van der Waals surface area (Å²) in [6.07, 6.45) is 0.545. The normalized spacial score (nSPS) is 17.1. The SMILES string of the molecule is Cc1ccc(NC(=O)CN2Cc3ccccc3C[C@@H]2C(N)=O)cc1. The molecule has 1 aliphatic rings. The number of nitrogens with two attached hydrogens (primary N) is 1. The second kappa shape index (κ2) is 6.84. The van der Waals surface area contributed by atoms with Crippen molar-refractivity contribution < 1.29 is 9.59 Å². The molecule has 3 rings (SSSR count). The maximum atomic E-state index is 12.3. The molecule has 1 heterocycles. The van der Waals surface area contributed by atoms with E-state index in [0.717, 1.165) is 22.4 Å². The van der Waals surface area contributed by atoms with Crippen molar-refractivity contribution in [2.24, 2.45) is 5.73 Å². The van der Waals surface area contributed by atoms with Crippen molar-refractivity contribution in [2.75, 3.05) is 11.9 Å². The smallest absolute Gasteiger partial charge is 0.238 e. The third kappa shape index (κ3) is 3.63. The standard InChI is InChI=1S/C19H21N3O2/c1-13-6-8-16(9-7-13)21-18(23)12-22-11-15-5-3-2-4-14(15)10-17(22)19(20)24/h2-9,17H,10-12H2,1H3,(H2,20,24)(H,21,23)/t17-/m1/s1. The fourth-order valence-corrected chi connectivity index (χ4v) is 3.05. The Morgan fingerprint density at radius 2 is 1.79 bits per heavy atom. The number of nitrogens with zero attached hydrogens (tertiary/aromatic N) is 1. The van der Waals surface area contributed by atoms with Gasteiger partial charge in [-0.1, -0.05) is 42.0 Å². The minimum Gasteiger partial charge on any atom is -0.368 e. The van der Waals surface area contributed by atoms with Gasteiger partial charge in [0.25, 0.3) is 0 Å². The number of benzene rings is 2. The second-order valence-electron chi connectivity index (χ2n) is 6.21. The molecule has 0 fully saturated rings. The molecule has 5 heteroatoms. The fraction of sp³-hybridized carbons (Fsp3) is 0.263. The van der Waals surface area contributed by atoms with E-state index in [1.54, 1.807) is 0 Å². The van der Waals surface area contributed by atoms with Crippen LogP contribution < -0.4 is 11.1 Å². The lowest BCUT2D eigenvalue weighted by Gasteiger charge is -2.34. The van der Waals surface area contributed by atoms with Crippen LogP contribution in [0.3, 0.4) is 0 Å². The van der Waals surface area contributed by atoms with Gasteiger partial charge >= 0.3 is 0 Å². The van der Waals surface area contributed by atoms with E-state index in [1.165, 1.54) is 0 Å². The van der Waals surface area contributed by atoms with E-state index in [1.807, 2.05) is 60.4 Å². The summed E-state index contributed by atoms with van der Waals surface area (Å²) in [6, 6.07) is 15.1. The second-order valence-corrected chi connectivity index (χ2v) is 6.21. The van der Waals surface area contributed by atoms with Crippen LogP contribution in [0.1, 0.15) is 16.7 Å². The van der Waals surface area contributed by atoms with Crippen LogP contribution in [0.25, 0.3) is 0 Å². The Morgan fingerprint density at radius 3 is 2.46 bits per heavy atom. The van der Waals surface area contributed by atoms with Crippen molar-refractivity contribution >= 4 is 17.5 Å². The first-order valence-corrected chi connectivity index (χ1v) is 7.99. The van der Waals surface area contributed by atoms with Crippen molar-refractivity contribution in [3.05, 3.63) is 65.2 Å². The number of primary amides is 1. The van der Waals surface area contributed by atoms with Gasteiger partial charge in [-0.05, 0) is 36.6 Å². The summed E-state index contributed by atoms with van der Waals surface area (Å²) in [7, 11) is 0. The zero-order valence-electron chi connectivity index (χ0n) is 13.7. The highest BCUT2D eigenvalue weighted by Gasteiger charge is 2.31. The van der Waals surface area contributed by atoms with Crippen molar-refractivity contribution in [3.63, 3.8) is 0 Å². The Morgan fingerprint density at radius 1 is 1.12 bits per heavy atom. The number of rotatable bonds is 4. The summed E-state index contributed by atoms with van der Waals surface area (Å²) in [5.41, 5.74) is 9.69. The summed E-state index contributed by atoms with van der Waals surface area (Å²) in [6.45, 7) is 2.68. The van der Waals surface area contributed by atoms with Crippen LogP contribution in [0, 0.1) is 6.92 Å². The first-order valence-electron chi connectivity index (χ1n) is 7.99. The van der Waals surface area contributed by atoms with Gasteiger partial charge in [0.15, 0.2) is 0 Å². The molecular weight excluding hydrogens is 302 g/mol. The third-order valence-corrected chi connectivity index (χ3v) is 4.36. The zero-order valence-corrected chi connectivity index (χ0v) is 13.7. The molecule has 0 bridgehead atoms. The molecule has 3 N–H and O–H groups in total. The van der Waals surface area contributed by atoms with Gasteiger partial charge in [-0.15, -0.1) is 0 Å². The van der Waals surface area contributed by atoms with Gasteiger partial charge in [-0.25, -0.2) is 0 Å². The lowest BCUT2D eigenvalue weighted by molar-refractivity contribution is -0.125. The zero-order chi connectivity index (χ0) is 17.1. The predicted molar refractivity (Wildman–Crippen MR) is 93.3 cm³/mol. The third-order valence-electron chi connectivity index (χ3n) is 4.36. The first-order chi connectivity index (χ1) is 11.5. The molecule has 0 aliphatic carbocycles. The molecule has 0 saturated heterocycles. The minimum atomic E-state index is -0.455. The molecule has 2 aromatic rings. The molecular formula is C19H21N3O2. The van der Waals surface area contributed by atoms with Crippen LogP contribution in [-0.4, -0.2) is 29.3 Å². The molecule has 2 aromatic carbocycles. The lowest BCUT2D eigenvalue weighted by atomic mass is 9.93. The maximum Gasteiger partial charge on any atom is 0.238 e. The average Bonchev–Trinajstić information content (AvgIpc) is 2.56. The molecule has 0 spiro atoms. The number of hydrogen-bond donors (Lipinski definition) is 2. The van der Waals surface area contributed by atoms with E-state index in [0.29, 0.717) is 13.0 Å².